The van der Waals surface area contributed by atoms with E-state index in [0.717, 1.165) is 34.1 Å². The number of halogens is 3. The van der Waals surface area contributed by atoms with Crippen LogP contribution in [0, 0.1) is 0 Å². The van der Waals surface area contributed by atoms with Crippen LogP contribution in [0.1, 0.15) is 32.5 Å². The molecular weight excluding hydrogens is 317 g/mol. The van der Waals surface area contributed by atoms with Gasteiger partial charge in [0.2, 0.25) is 5.82 Å². The Morgan fingerprint density at radius 3 is 2.14 bits per heavy atom. The predicted molar refractivity (Wildman–Crippen MR) is 83.1 cm³/mol. The standard InChI is InChI=1S/C14H17F3N2S2/c1-3-5-20-11-7-9-10(8-12(11)21-6-4-2)19-13(18-9)14(15,16)17/h7-8H,3-6H2,1-2H3,(H,18,19). The highest BCUT2D eigenvalue weighted by atomic mass is 32.2. The van der Waals surface area contributed by atoms with Crippen molar-refractivity contribution in [3.05, 3.63) is 18.0 Å². The number of aromatic amines is 1. The van der Waals surface area contributed by atoms with Gasteiger partial charge in [-0.15, -0.1) is 23.5 Å². The zero-order valence-corrected chi connectivity index (χ0v) is 13.5. The fourth-order valence-electron chi connectivity index (χ4n) is 1.80. The van der Waals surface area contributed by atoms with E-state index >= 15 is 0 Å². The van der Waals surface area contributed by atoms with Crippen molar-refractivity contribution in [1.82, 2.24) is 9.97 Å². The maximum absolute atomic E-state index is 12.7. The number of hydrogen-bond acceptors (Lipinski definition) is 3. The summed E-state index contributed by atoms with van der Waals surface area (Å²) in [6, 6.07) is 3.55. The Hall–Kier alpha value is -0.820. The van der Waals surface area contributed by atoms with Crippen molar-refractivity contribution in [1.29, 1.82) is 0 Å². The molecule has 0 aliphatic rings. The molecule has 0 radical (unpaired) electrons. The van der Waals surface area contributed by atoms with E-state index in [0.29, 0.717) is 11.0 Å². The first-order valence-corrected chi connectivity index (χ1v) is 8.79. The van der Waals surface area contributed by atoms with Crippen LogP contribution in [0.2, 0.25) is 0 Å². The Bertz CT molecular complexity index is 563. The van der Waals surface area contributed by atoms with E-state index in [9.17, 15) is 13.2 Å². The molecule has 0 aliphatic carbocycles. The molecule has 0 saturated carbocycles. The highest BCUT2D eigenvalue weighted by Gasteiger charge is 2.34. The van der Waals surface area contributed by atoms with Crippen LogP contribution in [0.25, 0.3) is 11.0 Å². The molecule has 0 saturated heterocycles. The maximum Gasteiger partial charge on any atom is 0.449 e. The van der Waals surface area contributed by atoms with E-state index in [2.05, 4.69) is 23.8 Å². The van der Waals surface area contributed by atoms with Crippen molar-refractivity contribution in [2.24, 2.45) is 0 Å². The number of fused-ring (bicyclic) bond motifs is 1. The first kappa shape index (κ1) is 16.5. The first-order valence-electron chi connectivity index (χ1n) is 6.82. The van der Waals surface area contributed by atoms with E-state index in [-0.39, 0.29) is 0 Å². The molecule has 116 valence electrons. The van der Waals surface area contributed by atoms with Gasteiger partial charge in [0.15, 0.2) is 0 Å². The van der Waals surface area contributed by atoms with Crippen molar-refractivity contribution in [3.8, 4) is 0 Å². The number of thioether (sulfide) groups is 2. The molecule has 2 rings (SSSR count). The van der Waals surface area contributed by atoms with Gasteiger partial charge in [-0.2, -0.15) is 13.2 Å². The van der Waals surface area contributed by atoms with Gasteiger partial charge in [0.25, 0.3) is 0 Å². The highest BCUT2D eigenvalue weighted by molar-refractivity contribution is 8.02. The number of H-pyrrole nitrogens is 1. The number of hydrogen-bond donors (Lipinski definition) is 1. The number of nitrogens with one attached hydrogen (secondary N) is 1. The van der Waals surface area contributed by atoms with Crippen LogP contribution in [0.5, 0.6) is 0 Å². The van der Waals surface area contributed by atoms with Gasteiger partial charge in [0, 0.05) is 9.79 Å². The van der Waals surface area contributed by atoms with E-state index < -0.39 is 12.0 Å². The molecule has 0 spiro atoms. The van der Waals surface area contributed by atoms with Gasteiger partial charge >= 0.3 is 6.18 Å². The van der Waals surface area contributed by atoms with Crippen LogP contribution in [-0.2, 0) is 6.18 Å². The smallest absolute Gasteiger partial charge is 0.334 e. The molecule has 0 atom stereocenters. The molecule has 0 bridgehead atoms. The highest BCUT2D eigenvalue weighted by Crippen LogP contribution is 2.36. The molecule has 1 aromatic heterocycles. The van der Waals surface area contributed by atoms with Crippen LogP contribution < -0.4 is 0 Å². The second-order valence-electron chi connectivity index (χ2n) is 4.60. The van der Waals surface area contributed by atoms with Crippen molar-refractivity contribution in [2.45, 2.75) is 42.7 Å². The second-order valence-corrected chi connectivity index (χ2v) is 6.87. The fourth-order valence-corrected chi connectivity index (χ4v) is 3.80. The number of aromatic nitrogens is 2. The zero-order chi connectivity index (χ0) is 15.5. The number of imidazole rings is 1. The van der Waals surface area contributed by atoms with Gasteiger partial charge in [-0.25, -0.2) is 4.98 Å². The van der Waals surface area contributed by atoms with Crippen LogP contribution >= 0.6 is 23.5 Å². The summed E-state index contributed by atoms with van der Waals surface area (Å²) in [6.45, 7) is 4.17. The maximum atomic E-state index is 12.7. The first-order chi connectivity index (χ1) is 9.95. The number of benzene rings is 1. The minimum absolute atomic E-state index is 0.377. The van der Waals surface area contributed by atoms with Gasteiger partial charge in [0.05, 0.1) is 11.0 Å². The molecule has 0 aliphatic heterocycles. The topological polar surface area (TPSA) is 28.7 Å². The average molecular weight is 334 g/mol. The fraction of sp³-hybridized carbons (Fsp3) is 0.500. The minimum atomic E-state index is -4.44. The molecule has 1 aromatic carbocycles. The van der Waals surface area contributed by atoms with Crippen LogP contribution in [0.15, 0.2) is 21.9 Å². The van der Waals surface area contributed by atoms with Gasteiger partial charge in [-0.05, 0) is 36.5 Å². The summed E-state index contributed by atoms with van der Waals surface area (Å²) in [5, 5.41) is 0. The van der Waals surface area contributed by atoms with Gasteiger partial charge in [0.1, 0.15) is 0 Å². The predicted octanol–water partition coefficient (Wildman–Crippen LogP) is 5.59. The molecule has 1 heterocycles. The lowest BCUT2D eigenvalue weighted by atomic mass is 10.3. The Morgan fingerprint density at radius 2 is 1.62 bits per heavy atom. The van der Waals surface area contributed by atoms with E-state index in [4.69, 9.17) is 0 Å². The van der Waals surface area contributed by atoms with E-state index in [1.54, 1.807) is 35.7 Å². The third-order valence-corrected chi connectivity index (χ3v) is 5.39. The Balaban J connectivity index is 2.42. The van der Waals surface area contributed by atoms with Crippen LogP contribution in [0.3, 0.4) is 0 Å². The lowest BCUT2D eigenvalue weighted by molar-refractivity contribution is -0.144. The van der Waals surface area contributed by atoms with Crippen molar-refractivity contribution < 1.29 is 13.2 Å². The number of nitrogens with zero attached hydrogens (tertiary/aromatic N) is 1. The molecular formula is C14H17F3N2S2. The summed E-state index contributed by atoms with van der Waals surface area (Å²) in [7, 11) is 0. The van der Waals surface area contributed by atoms with Crippen LogP contribution in [-0.4, -0.2) is 21.5 Å². The largest absolute Gasteiger partial charge is 0.449 e. The number of alkyl halides is 3. The van der Waals surface area contributed by atoms with Gasteiger partial charge < -0.3 is 4.98 Å². The lowest BCUT2D eigenvalue weighted by Crippen LogP contribution is -2.06. The molecule has 2 nitrogen and oxygen atoms in total. The SMILES string of the molecule is CCCSc1cc2nc(C(F)(F)F)[nH]c2cc1SCCC. The molecule has 0 fully saturated rings. The molecule has 2 aromatic rings. The quantitative estimate of drug-likeness (QED) is 0.699. The summed E-state index contributed by atoms with van der Waals surface area (Å²) in [4.78, 5) is 8.09. The lowest BCUT2D eigenvalue weighted by Gasteiger charge is -2.08. The summed E-state index contributed by atoms with van der Waals surface area (Å²) < 4.78 is 38.2. The minimum Gasteiger partial charge on any atom is -0.334 e. The third-order valence-electron chi connectivity index (χ3n) is 2.74. The van der Waals surface area contributed by atoms with Gasteiger partial charge in [-0.3, -0.25) is 0 Å². The molecule has 1 N–H and O–H groups in total. The van der Waals surface area contributed by atoms with Crippen LogP contribution in [0.4, 0.5) is 13.2 Å². The summed E-state index contributed by atoms with van der Waals surface area (Å²) in [6.07, 6.45) is -2.39. The summed E-state index contributed by atoms with van der Waals surface area (Å²) in [5.41, 5.74) is 0.823. The Kier molecular flexibility index (Phi) is 5.48. The van der Waals surface area contributed by atoms with E-state index in [1.165, 1.54) is 0 Å². The monoisotopic (exact) mass is 334 g/mol. The molecule has 0 amide bonds. The van der Waals surface area contributed by atoms with Gasteiger partial charge in [-0.1, -0.05) is 13.8 Å². The normalized spacial score (nSPS) is 12.2. The number of rotatable bonds is 6. The van der Waals surface area contributed by atoms with E-state index in [1.807, 2.05) is 0 Å². The Morgan fingerprint density at radius 1 is 1.05 bits per heavy atom. The molecule has 0 unspecified atom stereocenters. The Labute approximate surface area is 130 Å². The molecule has 21 heavy (non-hydrogen) atoms. The summed E-state index contributed by atoms with van der Waals surface area (Å²) >= 11 is 3.35. The molecule has 7 heteroatoms. The van der Waals surface area contributed by atoms with Crippen molar-refractivity contribution in [3.63, 3.8) is 0 Å². The zero-order valence-electron chi connectivity index (χ0n) is 11.9. The average Bonchev–Trinajstić information content (AvgIpc) is 2.85. The van der Waals surface area contributed by atoms with Crippen molar-refractivity contribution >= 4 is 34.6 Å². The second kappa shape index (κ2) is 6.96. The van der Waals surface area contributed by atoms with Crippen molar-refractivity contribution in [2.75, 3.05) is 11.5 Å². The third kappa shape index (κ3) is 4.10. The summed E-state index contributed by atoms with van der Waals surface area (Å²) in [5.74, 6) is 0.967.